The molecular formula is C18H21IN2O. The molecule has 0 aliphatic carbocycles. The molecule has 22 heavy (non-hydrogen) atoms. The van der Waals surface area contributed by atoms with Crippen LogP contribution in [0.3, 0.4) is 0 Å². The molecule has 3 nitrogen and oxygen atoms in total. The molecule has 0 saturated carbocycles. The van der Waals surface area contributed by atoms with E-state index in [1.807, 2.05) is 49.4 Å². The average molecular weight is 408 g/mol. The molecule has 2 aromatic rings. The van der Waals surface area contributed by atoms with Gasteiger partial charge in [0.2, 0.25) is 5.91 Å². The van der Waals surface area contributed by atoms with Gasteiger partial charge in [0.05, 0.1) is 6.54 Å². The van der Waals surface area contributed by atoms with E-state index in [2.05, 4.69) is 45.4 Å². The Kier molecular flexibility index (Phi) is 6.71. The van der Waals surface area contributed by atoms with Gasteiger partial charge in [0.15, 0.2) is 0 Å². The van der Waals surface area contributed by atoms with E-state index in [4.69, 9.17) is 0 Å². The quantitative estimate of drug-likeness (QED) is 0.684. The molecule has 116 valence electrons. The molecule has 0 heterocycles. The standard InChI is InChI=1S/C18H21IN2O/c1-14(7-8-15-5-3-2-4-6-15)21-18(22)13-20-17-11-9-16(19)10-12-17/h2-6,9-12,14,20H,7-8,13H2,1H3,(H,21,22)/t14-/m1/s1. The van der Waals surface area contributed by atoms with Crippen LogP contribution in [0.2, 0.25) is 0 Å². The summed E-state index contributed by atoms with van der Waals surface area (Å²) in [6.07, 6.45) is 1.92. The van der Waals surface area contributed by atoms with Crippen molar-refractivity contribution >= 4 is 34.2 Å². The predicted octanol–water partition coefficient (Wildman–Crippen LogP) is 3.84. The fraction of sp³-hybridized carbons (Fsp3) is 0.278. The van der Waals surface area contributed by atoms with Gasteiger partial charge >= 0.3 is 0 Å². The van der Waals surface area contributed by atoms with Crippen molar-refractivity contribution in [3.63, 3.8) is 0 Å². The van der Waals surface area contributed by atoms with Crippen LogP contribution in [0.15, 0.2) is 54.6 Å². The topological polar surface area (TPSA) is 41.1 Å². The maximum Gasteiger partial charge on any atom is 0.239 e. The van der Waals surface area contributed by atoms with E-state index < -0.39 is 0 Å². The number of benzene rings is 2. The molecule has 0 aliphatic heterocycles. The summed E-state index contributed by atoms with van der Waals surface area (Å²) in [5.74, 6) is 0.0270. The minimum Gasteiger partial charge on any atom is -0.376 e. The average Bonchev–Trinajstić information content (AvgIpc) is 2.53. The van der Waals surface area contributed by atoms with Gasteiger partial charge in [0.25, 0.3) is 0 Å². The summed E-state index contributed by atoms with van der Waals surface area (Å²) >= 11 is 2.26. The SMILES string of the molecule is C[C@H](CCc1ccccc1)NC(=O)CNc1ccc(I)cc1. The molecule has 0 saturated heterocycles. The van der Waals surface area contributed by atoms with Gasteiger partial charge in [-0.3, -0.25) is 4.79 Å². The predicted molar refractivity (Wildman–Crippen MR) is 100 cm³/mol. The second-order valence-corrected chi connectivity index (χ2v) is 6.60. The Morgan fingerprint density at radius 3 is 2.45 bits per heavy atom. The summed E-state index contributed by atoms with van der Waals surface area (Å²) in [5, 5.41) is 6.16. The molecule has 0 radical (unpaired) electrons. The molecule has 0 spiro atoms. The van der Waals surface area contributed by atoms with Gasteiger partial charge in [-0.05, 0) is 72.2 Å². The van der Waals surface area contributed by atoms with Crippen LogP contribution >= 0.6 is 22.6 Å². The first kappa shape index (κ1) is 16.8. The van der Waals surface area contributed by atoms with Crippen molar-refractivity contribution < 1.29 is 4.79 Å². The van der Waals surface area contributed by atoms with Crippen LogP contribution in [0.1, 0.15) is 18.9 Å². The zero-order chi connectivity index (χ0) is 15.8. The molecule has 1 atom stereocenters. The number of amides is 1. The first-order valence-corrected chi connectivity index (χ1v) is 8.54. The van der Waals surface area contributed by atoms with Gasteiger partial charge in [-0.15, -0.1) is 0 Å². The van der Waals surface area contributed by atoms with Gasteiger partial charge in [0, 0.05) is 15.3 Å². The third-order valence-electron chi connectivity index (χ3n) is 3.41. The highest BCUT2D eigenvalue weighted by atomic mass is 127. The molecule has 0 bridgehead atoms. The van der Waals surface area contributed by atoms with Crippen molar-refractivity contribution in [1.82, 2.24) is 5.32 Å². The maximum absolute atomic E-state index is 11.9. The van der Waals surface area contributed by atoms with E-state index in [0.717, 1.165) is 18.5 Å². The molecule has 2 rings (SSSR count). The third kappa shape index (κ3) is 6.05. The number of carbonyl (C=O) groups is 1. The molecule has 2 N–H and O–H groups in total. The van der Waals surface area contributed by atoms with E-state index >= 15 is 0 Å². The minimum atomic E-state index is 0.0270. The number of carbonyl (C=O) groups excluding carboxylic acids is 1. The molecule has 4 heteroatoms. The molecule has 0 aliphatic rings. The lowest BCUT2D eigenvalue weighted by atomic mass is 10.1. The van der Waals surface area contributed by atoms with Gasteiger partial charge in [-0.1, -0.05) is 30.3 Å². The molecular weight excluding hydrogens is 387 g/mol. The molecule has 1 amide bonds. The van der Waals surface area contributed by atoms with Gasteiger partial charge in [-0.2, -0.15) is 0 Å². The van der Waals surface area contributed by atoms with Crippen LogP contribution in [0.5, 0.6) is 0 Å². The van der Waals surface area contributed by atoms with Gasteiger partial charge in [-0.25, -0.2) is 0 Å². The first-order valence-electron chi connectivity index (χ1n) is 7.46. The minimum absolute atomic E-state index is 0.0270. The second-order valence-electron chi connectivity index (χ2n) is 5.35. The largest absolute Gasteiger partial charge is 0.376 e. The lowest BCUT2D eigenvalue weighted by Crippen LogP contribution is -2.36. The number of hydrogen-bond donors (Lipinski definition) is 2. The Morgan fingerprint density at radius 1 is 1.09 bits per heavy atom. The lowest BCUT2D eigenvalue weighted by molar-refractivity contribution is -0.120. The highest BCUT2D eigenvalue weighted by Gasteiger charge is 2.07. The number of hydrogen-bond acceptors (Lipinski definition) is 2. The van der Waals surface area contributed by atoms with E-state index in [-0.39, 0.29) is 11.9 Å². The maximum atomic E-state index is 11.9. The summed E-state index contributed by atoms with van der Waals surface area (Å²) in [7, 11) is 0. The Morgan fingerprint density at radius 2 is 1.77 bits per heavy atom. The summed E-state index contributed by atoms with van der Waals surface area (Å²) < 4.78 is 1.18. The molecule has 0 aromatic heterocycles. The van der Waals surface area contributed by atoms with Crippen molar-refractivity contribution in [1.29, 1.82) is 0 Å². The number of anilines is 1. The summed E-state index contributed by atoms with van der Waals surface area (Å²) in [6.45, 7) is 2.35. The van der Waals surface area contributed by atoms with E-state index in [1.54, 1.807) is 0 Å². The number of aryl methyl sites for hydroxylation is 1. The van der Waals surface area contributed by atoms with Gasteiger partial charge < -0.3 is 10.6 Å². The fourth-order valence-corrected chi connectivity index (χ4v) is 2.54. The Labute approximate surface area is 145 Å². The summed E-state index contributed by atoms with van der Waals surface area (Å²) in [6, 6.07) is 18.5. The lowest BCUT2D eigenvalue weighted by Gasteiger charge is -2.14. The van der Waals surface area contributed by atoms with Gasteiger partial charge in [0.1, 0.15) is 0 Å². The Bertz CT molecular complexity index is 584. The number of rotatable bonds is 7. The smallest absolute Gasteiger partial charge is 0.239 e. The van der Waals surface area contributed by atoms with Crippen LogP contribution in [0.25, 0.3) is 0 Å². The molecule has 2 aromatic carbocycles. The van der Waals surface area contributed by atoms with Crippen molar-refractivity contribution in [2.24, 2.45) is 0 Å². The summed E-state index contributed by atoms with van der Waals surface area (Å²) in [4.78, 5) is 11.9. The normalized spacial score (nSPS) is 11.7. The second kappa shape index (κ2) is 8.78. The fourth-order valence-electron chi connectivity index (χ4n) is 2.18. The highest BCUT2D eigenvalue weighted by molar-refractivity contribution is 14.1. The van der Waals surface area contributed by atoms with Crippen LogP contribution in [-0.4, -0.2) is 18.5 Å². The number of halogens is 1. The monoisotopic (exact) mass is 408 g/mol. The van der Waals surface area contributed by atoms with Crippen molar-refractivity contribution in [3.8, 4) is 0 Å². The zero-order valence-electron chi connectivity index (χ0n) is 12.7. The van der Waals surface area contributed by atoms with Crippen molar-refractivity contribution in [2.75, 3.05) is 11.9 Å². The third-order valence-corrected chi connectivity index (χ3v) is 4.13. The van der Waals surface area contributed by atoms with Crippen LogP contribution < -0.4 is 10.6 Å². The van der Waals surface area contributed by atoms with E-state index in [0.29, 0.717) is 6.54 Å². The Balaban J connectivity index is 1.68. The van der Waals surface area contributed by atoms with Crippen molar-refractivity contribution in [3.05, 3.63) is 63.7 Å². The number of nitrogens with one attached hydrogen (secondary N) is 2. The van der Waals surface area contributed by atoms with E-state index in [9.17, 15) is 4.79 Å². The summed E-state index contributed by atoms with van der Waals surface area (Å²) in [5.41, 5.74) is 2.27. The Hall–Kier alpha value is -1.56. The molecule has 0 unspecified atom stereocenters. The van der Waals surface area contributed by atoms with Crippen molar-refractivity contribution in [2.45, 2.75) is 25.8 Å². The first-order chi connectivity index (χ1) is 10.6. The van der Waals surface area contributed by atoms with Crippen LogP contribution in [0, 0.1) is 3.57 Å². The zero-order valence-corrected chi connectivity index (χ0v) is 14.8. The van der Waals surface area contributed by atoms with Crippen LogP contribution in [0.4, 0.5) is 5.69 Å². The highest BCUT2D eigenvalue weighted by Crippen LogP contribution is 2.10. The molecule has 0 fully saturated rings. The van der Waals surface area contributed by atoms with Crippen LogP contribution in [-0.2, 0) is 11.2 Å². The van der Waals surface area contributed by atoms with E-state index in [1.165, 1.54) is 9.13 Å².